The normalized spacial score (nSPS) is 22.6. The molecule has 0 bridgehead atoms. The summed E-state index contributed by atoms with van der Waals surface area (Å²) >= 11 is 0. The van der Waals surface area contributed by atoms with E-state index in [1.807, 2.05) is 0 Å². The summed E-state index contributed by atoms with van der Waals surface area (Å²) in [4.78, 5) is 0. The van der Waals surface area contributed by atoms with Gasteiger partial charge >= 0.3 is 0 Å². The highest BCUT2D eigenvalue weighted by Gasteiger charge is 2.32. The number of rotatable bonds is 3. The zero-order chi connectivity index (χ0) is 11.0. The van der Waals surface area contributed by atoms with Gasteiger partial charge in [0.25, 0.3) is 0 Å². The van der Waals surface area contributed by atoms with Crippen molar-refractivity contribution in [1.82, 2.24) is 14.8 Å². The van der Waals surface area contributed by atoms with E-state index in [-0.39, 0.29) is 0 Å². The molecule has 2 heterocycles. The number of nitrogens with zero attached hydrogens (tertiary/aromatic N) is 3. The lowest BCUT2D eigenvalue weighted by Gasteiger charge is -2.22. The third-order valence-electron chi connectivity index (χ3n) is 3.47. The zero-order valence-corrected chi connectivity index (χ0v) is 9.43. The van der Waals surface area contributed by atoms with E-state index in [9.17, 15) is 0 Å². The van der Waals surface area contributed by atoms with Gasteiger partial charge in [-0.25, -0.2) is 0 Å². The molecule has 2 aliphatic rings. The van der Waals surface area contributed by atoms with Crippen LogP contribution in [0.4, 0.5) is 0 Å². The molecule has 1 saturated carbocycles. The molecule has 88 valence electrons. The predicted octanol–water partition coefficient (Wildman–Crippen LogP) is 0.966. The fourth-order valence-electron chi connectivity index (χ4n) is 2.44. The second-order valence-corrected chi connectivity index (χ2v) is 4.67. The summed E-state index contributed by atoms with van der Waals surface area (Å²) in [5.74, 6) is 2.61. The average Bonchev–Trinajstić information content (AvgIpc) is 3.09. The van der Waals surface area contributed by atoms with Crippen LogP contribution in [0.5, 0.6) is 0 Å². The summed E-state index contributed by atoms with van der Waals surface area (Å²) in [6, 6.07) is 0.617. The molecular formula is C11H18N4O. The Morgan fingerprint density at radius 2 is 1.94 bits per heavy atom. The minimum atomic E-state index is 0.493. The van der Waals surface area contributed by atoms with Crippen LogP contribution in [0.25, 0.3) is 0 Å². The minimum absolute atomic E-state index is 0.493. The van der Waals surface area contributed by atoms with Crippen molar-refractivity contribution in [3.8, 4) is 0 Å². The Hall–Kier alpha value is -0.940. The van der Waals surface area contributed by atoms with Crippen molar-refractivity contribution in [2.24, 2.45) is 5.73 Å². The van der Waals surface area contributed by atoms with Gasteiger partial charge in [-0.3, -0.25) is 0 Å². The first-order chi connectivity index (χ1) is 7.90. The van der Waals surface area contributed by atoms with Crippen LogP contribution in [0.15, 0.2) is 0 Å². The van der Waals surface area contributed by atoms with Crippen molar-refractivity contribution in [2.75, 3.05) is 13.2 Å². The molecule has 3 rings (SSSR count). The first-order valence-corrected chi connectivity index (χ1v) is 6.11. The van der Waals surface area contributed by atoms with Crippen molar-refractivity contribution < 1.29 is 4.74 Å². The van der Waals surface area contributed by atoms with Gasteiger partial charge in [0, 0.05) is 25.2 Å². The average molecular weight is 222 g/mol. The minimum Gasteiger partial charge on any atom is -0.381 e. The van der Waals surface area contributed by atoms with E-state index in [1.54, 1.807) is 0 Å². The molecule has 0 radical (unpaired) electrons. The van der Waals surface area contributed by atoms with Gasteiger partial charge in [-0.2, -0.15) is 0 Å². The summed E-state index contributed by atoms with van der Waals surface area (Å²) in [7, 11) is 0. The Balaban J connectivity index is 1.89. The SMILES string of the molecule is NCc1nnc(C2CCOCC2)n1C1CC1. The van der Waals surface area contributed by atoms with Gasteiger partial charge in [0.05, 0.1) is 6.54 Å². The Morgan fingerprint density at radius 3 is 2.56 bits per heavy atom. The molecule has 1 aromatic rings. The van der Waals surface area contributed by atoms with E-state index in [0.717, 1.165) is 37.7 Å². The summed E-state index contributed by atoms with van der Waals surface area (Å²) < 4.78 is 7.68. The van der Waals surface area contributed by atoms with Gasteiger partial charge in [-0.15, -0.1) is 10.2 Å². The molecule has 2 fully saturated rings. The monoisotopic (exact) mass is 222 g/mol. The summed E-state index contributed by atoms with van der Waals surface area (Å²) in [6.45, 7) is 2.19. The molecule has 1 aromatic heterocycles. The van der Waals surface area contributed by atoms with Gasteiger partial charge in [-0.1, -0.05) is 0 Å². The summed E-state index contributed by atoms with van der Waals surface area (Å²) in [5, 5.41) is 8.57. The van der Waals surface area contributed by atoms with Crippen LogP contribution in [0.2, 0.25) is 0 Å². The molecular weight excluding hydrogens is 204 g/mol. The highest BCUT2D eigenvalue weighted by Crippen LogP contribution is 2.39. The molecule has 0 atom stereocenters. The van der Waals surface area contributed by atoms with Crippen molar-refractivity contribution in [2.45, 2.75) is 44.2 Å². The Morgan fingerprint density at radius 1 is 1.19 bits per heavy atom. The first kappa shape index (κ1) is 10.2. The lowest BCUT2D eigenvalue weighted by atomic mass is 9.99. The Labute approximate surface area is 95.0 Å². The predicted molar refractivity (Wildman–Crippen MR) is 59.0 cm³/mol. The quantitative estimate of drug-likeness (QED) is 0.827. The Kier molecular flexibility index (Phi) is 2.65. The molecule has 5 nitrogen and oxygen atoms in total. The van der Waals surface area contributed by atoms with Crippen LogP contribution in [0.1, 0.15) is 49.3 Å². The Bertz CT molecular complexity index is 366. The fraction of sp³-hybridized carbons (Fsp3) is 0.818. The van der Waals surface area contributed by atoms with E-state index in [4.69, 9.17) is 10.5 Å². The van der Waals surface area contributed by atoms with Crippen LogP contribution in [0, 0.1) is 0 Å². The number of nitrogens with two attached hydrogens (primary N) is 1. The number of hydrogen-bond acceptors (Lipinski definition) is 4. The fourth-order valence-corrected chi connectivity index (χ4v) is 2.44. The second kappa shape index (κ2) is 4.14. The maximum atomic E-state index is 5.71. The summed E-state index contributed by atoms with van der Waals surface area (Å²) in [6.07, 6.45) is 4.63. The van der Waals surface area contributed by atoms with Crippen LogP contribution >= 0.6 is 0 Å². The molecule has 1 aliphatic carbocycles. The molecule has 5 heteroatoms. The molecule has 0 aromatic carbocycles. The van der Waals surface area contributed by atoms with Crippen LogP contribution in [-0.4, -0.2) is 28.0 Å². The van der Waals surface area contributed by atoms with Crippen molar-refractivity contribution in [1.29, 1.82) is 0 Å². The topological polar surface area (TPSA) is 66.0 Å². The largest absolute Gasteiger partial charge is 0.381 e. The van der Waals surface area contributed by atoms with Gasteiger partial charge < -0.3 is 15.0 Å². The first-order valence-electron chi connectivity index (χ1n) is 6.11. The molecule has 0 unspecified atom stereocenters. The number of hydrogen-bond donors (Lipinski definition) is 1. The molecule has 1 aliphatic heterocycles. The molecule has 2 N–H and O–H groups in total. The van der Waals surface area contributed by atoms with E-state index >= 15 is 0 Å². The molecule has 16 heavy (non-hydrogen) atoms. The van der Waals surface area contributed by atoms with Crippen molar-refractivity contribution >= 4 is 0 Å². The van der Waals surface area contributed by atoms with Crippen LogP contribution in [0.3, 0.4) is 0 Å². The molecule has 0 spiro atoms. The third-order valence-corrected chi connectivity index (χ3v) is 3.47. The standard InChI is InChI=1S/C11H18N4O/c12-7-10-13-14-11(15(10)9-1-2-9)8-3-5-16-6-4-8/h8-9H,1-7,12H2. The zero-order valence-electron chi connectivity index (χ0n) is 9.43. The van der Waals surface area contributed by atoms with E-state index in [0.29, 0.717) is 18.5 Å². The van der Waals surface area contributed by atoms with E-state index < -0.39 is 0 Å². The van der Waals surface area contributed by atoms with Gasteiger partial charge in [0.15, 0.2) is 0 Å². The third kappa shape index (κ3) is 1.74. The van der Waals surface area contributed by atoms with Gasteiger partial charge in [0.2, 0.25) is 0 Å². The maximum Gasteiger partial charge on any atom is 0.147 e. The lowest BCUT2D eigenvalue weighted by Crippen LogP contribution is -2.19. The maximum absolute atomic E-state index is 5.71. The highest BCUT2D eigenvalue weighted by atomic mass is 16.5. The van der Waals surface area contributed by atoms with Gasteiger partial charge in [-0.05, 0) is 25.7 Å². The highest BCUT2D eigenvalue weighted by molar-refractivity contribution is 5.07. The van der Waals surface area contributed by atoms with Crippen molar-refractivity contribution in [3.63, 3.8) is 0 Å². The van der Waals surface area contributed by atoms with Crippen LogP contribution in [-0.2, 0) is 11.3 Å². The van der Waals surface area contributed by atoms with Crippen molar-refractivity contribution in [3.05, 3.63) is 11.6 Å². The second-order valence-electron chi connectivity index (χ2n) is 4.67. The lowest BCUT2D eigenvalue weighted by molar-refractivity contribution is 0.0827. The molecule has 1 saturated heterocycles. The van der Waals surface area contributed by atoms with E-state index in [1.165, 1.54) is 12.8 Å². The van der Waals surface area contributed by atoms with Crippen LogP contribution < -0.4 is 5.73 Å². The van der Waals surface area contributed by atoms with Gasteiger partial charge in [0.1, 0.15) is 11.6 Å². The smallest absolute Gasteiger partial charge is 0.147 e. The van der Waals surface area contributed by atoms with E-state index in [2.05, 4.69) is 14.8 Å². The number of ether oxygens (including phenoxy) is 1. The number of aromatic nitrogens is 3. The molecule has 0 amide bonds. The summed E-state index contributed by atoms with van der Waals surface area (Å²) in [5.41, 5.74) is 5.71.